The van der Waals surface area contributed by atoms with E-state index in [-0.39, 0.29) is 6.54 Å². The number of hydrogen-bond acceptors (Lipinski definition) is 2. The van der Waals surface area contributed by atoms with Crippen LogP contribution in [0.5, 0.6) is 0 Å². The standard InChI is InChI=1S/C14H19NO2/c16-14(17)11-15-10-4-7-13(15)9-8-12-5-2-1-3-6-12/h1-3,5-6,13H,4,7-11H2,(H,16,17)/t13-/m0/s1. The molecule has 1 N–H and O–H groups in total. The molecule has 92 valence electrons. The summed E-state index contributed by atoms with van der Waals surface area (Å²) in [5.41, 5.74) is 1.34. The summed E-state index contributed by atoms with van der Waals surface area (Å²) in [7, 11) is 0. The van der Waals surface area contributed by atoms with Gasteiger partial charge in [-0.2, -0.15) is 0 Å². The summed E-state index contributed by atoms with van der Waals surface area (Å²) in [6.45, 7) is 1.13. The minimum atomic E-state index is -0.711. The normalized spacial score (nSPS) is 20.6. The van der Waals surface area contributed by atoms with Gasteiger partial charge < -0.3 is 5.11 Å². The van der Waals surface area contributed by atoms with Crippen molar-refractivity contribution in [1.29, 1.82) is 0 Å². The summed E-state index contributed by atoms with van der Waals surface area (Å²) in [5.74, 6) is -0.711. The number of aryl methyl sites for hydroxylation is 1. The lowest BCUT2D eigenvalue weighted by Gasteiger charge is -2.22. The van der Waals surface area contributed by atoms with Crippen LogP contribution in [0.25, 0.3) is 0 Å². The van der Waals surface area contributed by atoms with Crippen molar-refractivity contribution in [2.45, 2.75) is 31.7 Å². The Morgan fingerprint density at radius 2 is 2.12 bits per heavy atom. The summed E-state index contributed by atoms with van der Waals surface area (Å²) >= 11 is 0. The summed E-state index contributed by atoms with van der Waals surface area (Å²) in [6.07, 6.45) is 4.38. The van der Waals surface area contributed by atoms with E-state index in [9.17, 15) is 4.79 Å². The highest BCUT2D eigenvalue weighted by Gasteiger charge is 2.25. The van der Waals surface area contributed by atoms with Gasteiger partial charge in [0.1, 0.15) is 0 Å². The smallest absolute Gasteiger partial charge is 0.317 e. The fourth-order valence-electron chi connectivity index (χ4n) is 2.58. The Morgan fingerprint density at radius 3 is 2.82 bits per heavy atom. The fourth-order valence-corrected chi connectivity index (χ4v) is 2.58. The molecular formula is C14H19NO2. The van der Waals surface area contributed by atoms with Crippen molar-refractivity contribution in [3.63, 3.8) is 0 Å². The van der Waals surface area contributed by atoms with Crippen molar-refractivity contribution in [2.75, 3.05) is 13.1 Å². The van der Waals surface area contributed by atoms with Gasteiger partial charge in [0.25, 0.3) is 0 Å². The molecule has 0 amide bonds. The Labute approximate surface area is 102 Å². The van der Waals surface area contributed by atoms with Crippen molar-refractivity contribution in [2.24, 2.45) is 0 Å². The SMILES string of the molecule is O=C(O)CN1CCC[C@H]1CCc1ccccc1. The zero-order valence-electron chi connectivity index (χ0n) is 10.0. The molecule has 1 fully saturated rings. The van der Waals surface area contributed by atoms with Crippen molar-refractivity contribution >= 4 is 5.97 Å². The molecule has 1 aromatic rings. The Morgan fingerprint density at radius 1 is 1.35 bits per heavy atom. The summed E-state index contributed by atoms with van der Waals surface area (Å²) in [5, 5.41) is 8.84. The molecule has 0 radical (unpaired) electrons. The monoisotopic (exact) mass is 233 g/mol. The third kappa shape index (κ3) is 3.56. The van der Waals surface area contributed by atoms with Crippen LogP contribution >= 0.6 is 0 Å². The zero-order chi connectivity index (χ0) is 12.1. The van der Waals surface area contributed by atoms with E-state index >= 15 is 0 Å². The van der Waals surface area contributed by atoms with Crippen LogP contribution in [0.2, 0.25) is 0 Å². The first-order valence-electron chi connectivity index (χ1n) is 6.25. The van der Waals surface area contributed by atoms with Crippen LogP contribution in [0.1, 0.15) is 24.8 Å². The lowest BCUT2D eigenvalue weighted by Crippen LogP contribution is -2.34. The van der Waals surface area contributed by atoms with Crippen LogP contribution in [-0.2, 0) is 11.2 Å². The Hall–Kier alpha value is -1.35. The van der Waals surface area contributed by atoms with Gasteiger partial charge in [-0.15, -0.1) is 0 Å². The number of carbonyl (C=O) groups is 1. The van der Waals surface area contributed by atoms with Gasteiger partial charge in [0.15, 0.2) is 0 Å². The molecule has 2 rings (SSSR count). The molecule has 1 heterocycles. The summed E-state index contributed by atoms with van der Waals surface area (Å²) in [4.78, 5) is 12.8. The van der Waals surface area contributed by atoms with Crippen LogP contribution in [-0.4, -0.2) is 35.1 Å². The molecular weight excluding hydrogens is 214 g/mol. The molecule has 0 bridgehead atoms. The van der Waals surface area contributed by atoms with Gasteiger partial charge in [0.2, 0.25) is 0 Å². The van der Waals surface area contributed by atoms with E-state index in [2.05, 4.69) is 29.2 Å². The maximum Gasteiger partial charge on any atom is 0.317 e. The number of likely N-dealkylation sites (tertiary alicyclic amines) is 1. The highest BCUT2D eigenvalue weighted by molar-refractivity contribution is 5.69. The Bertz CT molecular complexity index is 364. The van der Waals surface area contributed by atoms with Crippen molar-refractivity contribution in [1.82, 2.24) is 4.90 Å². The molecule has 0 aliphatic carbocycles. The van der Waals surface area contributed by atoms with E-state index in [1.54, 1.807) is 0 Å². The minimum absolute atomic E-state index is 0.194. The van der Waals surface area contributed by atoms with E-state index in [1.807, 2.05) is 6.07 Å². The number of nitrogens with zero attached hydrogens (tertiary/aromatic N) is 1. The maximum atomic E-state index is 10.7. The molecule has 3 heteroatoms. The van der Waals surface area contributed by atoms with Gasteiger partial charge in [-0.25, -0.2) is 0 Å². The van der Waals surface area contributed by atoms with E-state index in [0.29, 0.717) is 6.04 Å². The van der Waals surface area contributed by atoms with Gasteiger partial charge in [0.05, 0.1) is 6.54 Å². The van der Waals surface area contributed by atoms with Gasteiger partial charge in [-0.3, -0.25) is 9.69 Å². The molecule has 0 saturated carbocycles. The summed E-state index contributed by atoms with van der Waals surface area (Å²) < 4.78 is 0. The topological polar surface area (TPSA) is 40.5 Å². The molecule has 1 atom stereocenters. The van der Waals surface area contributed by atoms with E-state index in [1.165, 1.54) is 5.56 Å². The highest BCUT2D eigenvalue weighted by Crippen LogP contribution is 2.21. The molecule has 17 heavy (non-hydrogen) atoms. The van der Waals surface area contributed by atoms with Gasteiger partial charge in [0, 0.05) is 6.04 Å². The lowest BCUT2D eigenvalue weighted by atomic mass is 10.0. The van der Waals surface area contributed by atoms with Crippen LogP contribution in [0.3, 0.4) is 0 Å². The lowest BCUT2D eigenvalue weighted by molar-refractivity contribution is -0.138. The highest BCUT2D eigenvalue weighted by atomic mass is 16.4. The third-order valence-corrected chi connectivity index (χ3v) is 3.45. The number of carboxylic acid groups (broad SMARTS) is 1. The van der Waals surface area contributed by atoms with E-state index in [0.717, 1.165) is 32.2 Å². The maximum absolute atomic E-state index is 10.7. The number of rotatable bonds is 5. The molecule has 0 spiro atoms. The predicted molar refractivity (Wildman–Crippen MR) is 67.0 cm³/mol. The van der Waals surface area contributed by atoms with Crippen LogP contribution < -0.4 is 0 Å². The molecule has 1 aliphatic heterocycles. The first kappa shape index (κ1) is 12.1. The van der Waals surface area contributed by atoms with Crippen molar-refractivity contribution in [3.8, 4) is 0 Å². The zero-order valence-corrected chi connectivity index (χ0v) is 10.0. The average molecular weight is 233 g/mol. The second-order valence-corrected chi connectivity index (χ2v) is 4.68. The third-order valence-electron chi connectivity index (χ3n) is 3.45. The number of aliphatic carboxylic acids is 1. The average Bonchev–Trinajstić information content (AvgIpc) is 2.74. The molecule has 0 aromatic heterocycles. The van der Waals surface area contributed by atoms with Crippen molar-refractivity contribution in [3.05, 3.63) is 35.9 Å². The van der Waals surface area contributed by atoms with Gasteiger partial charge >= 0.3 is 5.97 Å². The molecule has 3 nitrogen and oxygen atoms in total. The quantitative estimate of drug-likeness (QED) is 0.847. The minimum Gasteiger partial charge on any atom is -0.480 e. The van der Waals surface area contributed by atoms with Gasteiger partial charge in [-0.05, 0) is 37.8 Å². The molecule has 1 aromatic carbocycles. The second kappa shape index (κ2) is 5.82. The fraction of sp³-hybridized carbons (Fsp3) is 0.500. The van der Waals surface area contributed by atoms with Crippen LogP contribution in [0.4, 0.5) is 0 Å². The van der Waals surface area contributed by atoms with E-state index < -0.39 is 5.97 Å². The largest absolute Gasteiger partial charge is 0.480 e. The molecule has 1 aliphatic rings. The van der Waals surface area contributed by atoms with Gasteiger partial charge in [-0.1, -0.05) is 30.3 Å². The molecule has 1 saturated heterocycles. The second-order valence-electron chi connectivity index (χ2n) is 4.68. The van der Waals surface area contributed by atoms with Crippen LogP contribution in [0, 0.1) is 0 Å². The number of carboxylic acids is 1. The Balaban J connectivity index is 1.84. The predicted octanol–water partition coefficient (Wildman–Crippen LogP) is 2.17. The molecule has 0 unspecified atom stereocenters. The van der Waals surface area contributed by atoms with Crippen molar-refractivity contribution < 1.29 is 9.90 Å². The number of hydrogen-bond donors (Lipinski definition) is 1. The van der Waals surface area contributed by atoms with E-state index in [4.69, 9.17) is 5.11 Å². The first-order chi connectivity index (χ1) is 8.25. The Kier molecular flexibility index (Phi) is 4.15. The van der Waals surface area contributed by atoms with Crippen LogP contribution in [0.15, 0.2) is 30.3 Å². The first-order valence-corrected chi connectivity index (χ1v) is 6.25. The summed E-state index contributed by atoms with van der Waals surface area (Å²) in [6, 6.07) is 10.9. The number of benzene rings is 1.